The maximum Gasteiger partial charge on any atom is 0.416 e. The van der Waals surface area contributed by atoms with Gasteiger partial charge in [0.25, 0.3) is 0 Å². The third-order valence-corrected chi connectivity index (χ3v) is 9.56. The van der Waals surface area contributed by atoms with Gasteiger partial charge in [-0.15, -0.1) is 0 Å². The fourth-order valence-corrected chi connectivity index (χ4v) is 6.43. The molecule has 0 radical (unpaired) electrons. The molecule has 0 saturated heterocycles. The number of guanidine groups is 1. The lowest BCUT2D eigenvalue weighted by Gasteiger charge is -2.21. The molecular weight excluding hydrogens is 694 g/mol. The van der Waals surface area contributed by atoms with Crippen LogP contribution >= 0.6 is 0 Å². The van der Waals surface area contributed by atoms with E-state index in [4.69, 9.17) is 16.9 Å². The highest BCUT2D eigenvalue weighted by molar-refractivity contribution is 7.94. The Hall–Kier alpha value is -4.99. The van der Waals surface area contributed by atoms with Crippen LogP contribution < -0.4 is 27.8 Å². The standard InChI is InChI=1S/C37H45F3N8O3S/c1-5-31(52(4,50)51)15-10-23(2)33(44-16-7-17-45-35(42)43)26-11-13-30(14-12-26)48-22-28-21-32(46-34(28)47-36(48)49)27-18-25(9-6-8-24(3)41)19-29(20-27)37(38,39)40/h5,10-15,18-22,24,33,44H,2,6-9,16-17,41H2,1,3-4H3,(H4,42,43,45)(H,46,47,49)/b15-10-,31-5+/t24-,33-/m0/s1. The second kappa shape index (κ2) is 17.0. The number of alkyl halides is 3. The van der Waals surface area contributed by atoms with Gasteiger partial charge in [-0.2, -0.15) is 18.2 Å². The molecule has 2 atom stereocenters. The van der Waals surface area contributed by atoms with Gasteiger partial charge in [-0.3, -0.25) is 9.98 Å². The van der Waals surface area contributed by atoms with E-state index in [9.17, 15) is 26.4 Å². The number of hydrogen-bond donors (Lipinski definition) is 6. The summed E-state index contributed by atoms with van der Waals surface area (Å²) < 4.78 is 67.1. The van der Waals surface area contributed by atoms with Gasteiger partial charge in [0.1, 0.15) is 5.65 Å². The summed E-state index contributed by atoms with van der Waals surface area (Å²) in [6.07, 6.45) is 5.19. The Kier molecular flexibility index (Phi) is 13.0. The van der Waals surface area contributed by atoms with Crippen molar-refractivity contribution in [2.24, 2.45) is 11.5 Å². The molecule has 15 heteroatoms. The van der Waals surface area contributed by atoms with Crippen LogP contribution in [0.5, 0.6) is 0 Å². The molecule has 0 spiro atoms. The Balaban J connectivity index is 1.64. The second-order valence-electron chi connectivity index (χ2n) is 12.7. The van der Waals surface area contributed by atoms with Crippen LogP contribution in [0.4, 0.5) is 13.2 Å². The highest BCUT2D eigenvalue weighted by atomic mass is 32.2. The molecule has 2 aromatic heterocycles. The number of rotatable bonds is 16. The monoisotopic (exact) mass is 738 g/mol. The third-order valence-electron chi connectivity index (χ3n) is 8.33. The summed E-state index contributed by atoms with van der Waals surface area (Å²) in [4.78, 5) is 20.5. The number of aryl methyl sites for hydroxylation is 1. The number of aromatic nitrogens is 3. The maximum absolute atomic E-state index is 13.8. The van der Waals surface area contributed by atoms with Gasteiger partial charge in [-0.25, -0.2) is 13.2 Å². The molecule has 11 nitrogen and oxygen atoms in total. The molecule has 0 fully saturated rings. The average Bonchev–Trinajstić information content (AvgIpc) is 3.48. The highest BCUT2D eigenvalue weighted by Gasteiger charge is 2.31. The van der Waals surface area contributed by atoms with Crippen LogP contribution in [0.2, 0.25) is 0 Å². The van der Waals surface area contributed by atoms with Crippen LogP contribution in [0, 0.1) is 5.41 Å². The molecule has 0 saturated carbocycles. The molecule has 2 aromatic carbocycles. The van der Waals surface area contributed by atoms with Gasteiger partial charge < -0.3 is 27.1 Å². The molecule has 278 valence electrons. The van der Waals surface area contributed by atoms with Crippen LogP contribution in [-0.2, 0) is 22.4 Å². The molecule has 0 aliphatic carbocycles. The molecule has 4 rings (SSSR count). The summed E-state index contributed by atoms with van der Waals surface area (Å²) >= 11 is 0. The summed E-state index contributed by atoms with van der Waals surface area (Å²) in [5, 5.41) is 14.0. The first kappa shape index (κ1) is 39.8. The summed E-state index contributed by atoms with van der Waals surface area (Å²) in [5.74, 6) is -0.133. The van der Waals surface area contributed by atoms with Gasteiger partial charge in [0.05, 0.1) is 22.2 Å². The quantitative estimate of drug-likeness (QED) is 0.0370. The molecule has 0 unspecified atom stereocenters. The van der Waals surface area contributed by atoms with Gasteiger partial charge in [-0.1, -0.05) is 30.9 Å². The summed E-state index contributed by atoms with van der Waals surface area (Å²) in [5.41, 5.74) is 13.2. The Morgan fingerprint density at radius 2 is 1.83 bits per heavy atom. The minimum Gasteiger partial charge on any atom is -0.370 e. The van der Waals surface area contributed by atoms with E-state index in [2.05, 4.69) is 27.2 Å². The van der Waals surface area contributed by atoms with Gasteiger partial charge in [0.15, 0.2) is 15.8 Å². The Bertz CT molecular complexity index is 2130. The van der Waals surface area contributed by atoms with Crippen molar-refractivity contribution in [2.45, 2.75) is 57.8 Å². The van der Waals surface area contributed by atoms with E-state index in [0.29, 0.717) is 72.2 Å². The van der Waals surface area contributed by atoms with Gasteiger partial charge in [0, 0.05) is 36.1 Å². The predicted octanol–water partition coefficient (Wildman–Crippen LogP) is 5.63. The van der Waals surface area contributed by atoms with Crippen molar-refractivity contribution in [3.8, 4) is 16.9 Å². The minimum absolute atomic E-state index is 0.0541. The number of nitrogens with two attached hydrogens (primary N) is 2. The molecule has 0 aliphatic rings. The number of allylic oxidation sites excluding steroid dienone is 2. The van der Waals surface area contributed by atoms with Gasteiger partial charge in [-0.05, 0) is 111 Å². The largest absolute Gasteiger partial charge is 0.416 e. The number of nitrogens with one attached hydrogen (secondary N) is 4. The molecule has 0 aliphatic heterocycles. The normalized spacial score (nSPS) is 13.8. The molecule has 4 aromatic rings. The molecule has 0 amide bonds. The summed E-state index contributed by atoms with van der Waals surface area (Å²) in [7, 11) is -3.44. The topological polar surface area (TPSA) is 185 Å². The lowest BCUT2D eigenvalue weighted by molar-refractivity contribution is -0.137. The van der Waals surface area contributed by atoms with Crippen molar-refractivity contribution in [3.05, 3.63) is 117 Å². The maximum atomic E-state index is 13.8. The first-order valence-electron chi connectivity index (χ1n) is 16.7. The zero-order valence-corrected chi connectivity index (χ0v) is 30.2. The first-order chi connectivity index (χ1) is 24.5. The van der Waals surface area contributed by atoms with Crippen molar-refractivity contribution in [3.63, 3.8) is 0 Å². The number of aromatic amines is 1. The number of hydrogen-bond acceptors (Lipinski definition) is 7. The average molecular weight is 739 g/mol. The lowest BCUT2D eigenvalue weighted by atomic mass is 9.98. The number of benzene rings is 2. The Morgan fingerprint density at radius 3 is 2.44 bits per heavy atom. The molecule has 0 bridgehead atoms. The van der Waals surface area contributed by atoms with Crippen LogP contribution in [0.3, 0.4) is 0 Å². The molecule has 8 N–H and O–H groups in total. The van der Waals surface area contributed by atoms with Crippen molar-refractivity contribution >= 4 is 26.8 Å². The third kappa shape index (κ3) is 10.8. The summed E-state index contributed by atoms with van der Waals surface area (Å²) in [6.45, 7) is 8.64. The van der Waals surface area contributed by atoms with E-state index < -0.39 is 33.3 Å². The summed E-state index contributed by atoms with van der Waals surface area (Å²) in [6, 6.07) is 12.2. The number of H-pyrrole nitrogens is 1. The molecule has 52 heavy (non-hydrogen) atoms. The Morgan fingerprint density at radius 1 is 1.12 bits per heavy atom. The van der Waals surface area contributed by atoms with Crippen molar-refractivity contribution < 1.29 is 21.6 Å². The van der Waals surface area contributed by atoms with Crippen molar-refractivity contribution in [2.75, 3.05) is 19.3 Å². The number of halogens is 3. The van der Waals surface area contributed by atoms with Crippen molar-refractivity contribution in [1.82, 2.24) is 25.2 Å². The van der Waals surface area contributed by atoms with Crippen LogP contribution in [0.15, 0.2) is 94.8 Å². The number of sulfone groups is 1. The smallest absolute Gasteiger partial charge is 0.370 e. The Labute approximate surface area is 301 Å². The first-order valence-corrected chi connectivity index (χ1v) is 18.6. The predicted molar refractivity (Wildman–Crippen MR) is 201 cm³/mol. The second-order valence-corrected chi connectivity index (χ2v) is 14.7. The van der Waals surface area contributed by atoms with Crippen LogP contribution in [0.1, 0.15) is 55.8 Å². The van der Waals surface area contributed by atoms with Crippen molar-refractivity contribution in [1.29, 1.82) is 5.41 Å². The minimum atomic E-state index is -4.54. The van der Waals surface area contributed by atoms with E-state index in [-0.39, 0.29) is 22.6 Å². The van der Waals surface area contributed by atoms with E-state index in [1.807, 2.05) is 19.1 Å². The molecular formula is C37H45F3N8O3S. The lowest BCUT2D eigenvalue weighted by Crippen LogP contribution is -2.33. The zero-order valence-electron chi connectivity index (χ0n) is 29.3. The highest BCUT2D eigenvalue weighted by Crippen LogP contribution is 2.34. The fraction of sp³-hybridized carbons (Fsp3) is 0.324. The van der Waals surface area contributed by atoms with E-state index in [1.165, 1.54) is 16.7 Å². The SMILES string of the molecule is C=C(/C=C\C(=C/C)S(C)(=O)=O)[C@H](NCCCNC(=N)N)c1ccc(-n2cc3cc(-c4cc(CCC[C@H](C)N)cc(C(F)(F)F)c4)[nH]c3nc2=O)cc1. The van der Waals surface area contributed by atoms with Gasteiger partial charge >= 0.3 is 11.9 Å². The number of nitrogens with zero attached hydrogens (tertiary/aromatic N) is 2. The van der Waals surface area contributed by atoms with E-state index >= 15 is 0 Å². The zero-order chi connectivity index (χ0) is 38.2. The van der Waals surface area contributed by atoms with Crippen LogP contribution in [0.25, 0.3) is 28.0 Å². The van der Waals surface area contributed by atoms with E-state index in [1.54, 1.807) is 43.5 Å². The fourth-order valence-electron chi connectivity index (χ4n) is 5.69. The number of fused-ring (bicyclic) bond motifs is 1. The van der Waals surface area contributed by atoms with Crippen LogP contribution in [-0.4, -0.2) is 54.3 Å². The van der Waals surface area contributed by atoms with E-state index in [0.717, 1.165) is 24.0 Å². The van der Waals surface area contributed by atoms with Gasteiger partial charge in [0.2, 0.25) is 0 Å². The molecule has 2 heterocycles.